The van der Waals surface area contributed by atoms with Gasteiger partial charge in [0.25, 0.3) is 0 Å². The number of aliphatic hydroxyl groups excluding tert-OH is 1. The molecule has 0 aliphatic carbocycles. The summed E-state index contributed by atoms with van der Waals surface area (Å²) in [7, 11) is 1.25. The summed E-state index contributed by atoms with van der Waals surface area (Å²) in [5, 5.41) is 9.84. The predicted molar refractivity (Wildman–Crippen MR) is 114 cm³/mol. The van der Waals surface area contributed by atoms with Crippen molar-refractivity contribution < 1.29 is 23.5 Å². The van der Waals surface area contributed by atoms with Gasteiger partial charge in [0.1, 0.15) is 11.3 Å². The summed E-state index contributed by atoms with van der Waals surface area (Å²) in [4.78, 5) is 20.6. The summed E-state index contributed by atoms with van der Waals surface area (Å²) in [6.07, 6.45) is 1.22. The molecule has 2 heterocycles. The van der Waals surface area contributed by atoms with Gasteiger partial charge in [-0.1, -0.05) is 24.3 Å². The molecule has 4 aromatic rings. The number of fused-ring (bicyclic) bond motifs is 1. The predicted octanol–water partition coefficient (Wildman–Crippen LogP) is 4.04. The average Bonchev–Trinajstić information content (AvgIpc) is 3.36. The Labute approximate surface area is 179 Å². The maximum Gasteiger partial charge on any atom is 0.335 e. The number of hydrogen-bond donors (Lipinski definition) is 1. The minimum Gasteiger partial charge on any atom is -0.467 e. The van der Waals surface area contributed by atoms with Crippen LogP contribution in [0.4, 0.5) is 0 Å². The molecule has 0 aliphatic rings. The molecular weight excluding hydrogens is 396 g/mol. The van der Waals surface area contributed by atoms with Crippen LogP contribution < -0.4 is 0 Å². The zero-order valence-corrected chi connectivity index (χ0v) is 17.5. The molecule has 31 heavy (non-hydrogen) atoms. The first kappa shape index (κ1) is 20.8. The van der Waals surface area contributed by atoms with Crippen molar-refractivity contribution >= 4 is 17.1 Å². The van der Waals surface area contributed by atoms with E-state index >= 15 is 0 Å². The third kappa shape index (κ3) is 4.83. The number of aliphatic hydroxyl groups is 1. The Morgan fingerprint density at radius 3 is 2.68 bits per heavy atom. The van der Waals surface area contributed by atoms with Crippen molar-refractivity contribution in [3.8, 4) is 11.5 Å². The van der Waals surface area contributed by atoms with Gasteiger partial charge >= 0.3 is 5.97 Å². The van der Waals surface area contributed by atoms with Gasteiger partial charge in [-0.3, -0.25) is 0 Å². The molecule has 7 nitrogen and oxygen atoms in total. The third-order valence-corrected chi connectivity index (χ3v) is 5.12. The maximum atomic E-state index is 11.4. The lowest BCUT2D eigenvalue weighted by Gasteiger charge is -2.07. The number of rotatable bonds is 8. The first-order chi connectivity index (χ1) is 15.0. The second-order valence-electron chi connectivity index (χ2n) is 7.39. The Bertz CT molecular complexity index is 1180. The van der Waals surface area contributed by atoms with Crippen molar-refractivity contribution in [3.05, 3.63) is 71.4 Å². The summed E-state index contributed by atoms with van der Waals surface area (Å²) >= 11 is 0. The SMILES string of the molecule is COC(=O)[C@@H](O)Cc1ccc2oc(CCCc3nc(-c4ccccc4)oc3C)nc2c1. The zero-order chi connectivity index (χ0) is 21.8. The molecule has 4 rings (SSSR count). The minimum absolute atomic E-state index is 0.167. The molecule has 160 valence electrons. The third-order valence-electron chi connectivity index (χ3n) is 5.12. The quantitative estimate of drug-likeness (QED) is 0.430. The molecule has 0 radical (unpaired) electrons. The van der Waals surface area contributed by atoms with E-state index < -0.39 is 12.1 Å². The van der Waals surface area contributed by atoms with E-state index in [4.69, 9.17) is 8.83 Å². The van der Waals surface area contributed by atoms with Gasteiger partial charge in [0.2, 0.25) is 5.89 Å². The number of aryl methyl sites for hydroxylation is 3. The highest BCUT2D eigenvalue weighted by atomic mass is 16.5. The summed E-state index contributed by atoms with van der Waals surface area (Å²) < 4.78 is 16.2. The summed E-state index contributed by atoms with van der Waals surface area (Å²) in [5.74, 6) is 1.45. The van der Waals surface area contributed by atoms with Gasteiger partial charge in [-0.05, 0) is 49.6 Å². The lowest BCUT2D eigenvalue weighted by molar-refractivity contribution is -0.150. The van der Waals surface area contributed by atoms with E-state index in [9.17, 15) is 9.90 Å². The van der Waals surface area contributed by atoms with Crippen molar-refractivity contribution in [2.24, 2.45) is 0 Å². The molecule has 2 aromatic carbocycles. The number of benzene rings is 2. The van der Waals surface area contributed by atoms with E-state index in [2.05, 4.69) is 14.7 Å². The number of nitrogens with zero attached hydrogens (tertiary/aromatic N) is 2. The van der Waals surface area contributed by atoms with E-state index in [1.165, 1.54) is 7.11 Å². The second kappa shape index (κ2) is 9.14. The van der Waals surface area contributed by atoms with Crippen molar-refractivity contribution in [1.29, 1.82) is 0 Å². The van der Waals surface area contributed by atoms with E-state index in [-0.39, 0.29) is 6.42 Å². The topological polar surface area (TPSA) is 98.6 Å². The van der Waals surface area contributed by atoms with Crippen LogP contribution in [0.2, 0.25) is 0 Å². The van der Waals surface area contributed by atoms with Crippen LogP contribution in [-0.2, 0) is 28.8 Å². The number of carbonyl (C=O) groups excluding carboxylic acids is 1. The van der Waals surface area contributed by atoms with E-state index in [1.54, 1.807) is 6.07 Å². The van der Waals surface area contributed by atoms with Gasteiger partial charge in [0.05, 0.1) is 12.8 Å². The Morgan fingerprint density at radius 1 is 1.10 bits per heavy atom. The Hall–Kier alpha value is -3.45. The molecule has 1 N–H and O–H groups in total. The van der Waals surface area contributed by atoms with Gasteiger partial charge in [0.15, 0.2) is 17.6 Å². The van der Waals surface area contributed by atoms with Gasteiger partial charge < -0.3 is 18.7 Å². The number of carbonyl (C=O) groups is 1. The summed E-state index contributed by atoms with van der Waals surface area (Å²) in [6, 6.07) is 15.3. The normalized spacial score (nSPS) is 12.2. The van der Waals surface area contributed by atoms with Gasteiger partial charge in [0, 0.05) is 18.4 Å². The lowest BCUT2D eigenvalue weighted by Crippen LogP contribution is -2.24. The number of esters is 1. The summed E-state index contributed by atoms with van der Waals surface area (Å²) in [5.41, 5.74) is 4.07. The molecule has 2 aromatic heterocycles. The fourth-order valence-electron chi connectivity index (χ4n) is 3.47. The first-order valence-electron chi connectivity index (χ1n) is 10.2. The van der Waals surface area contributed by atoms with Crippen molar-refractivity contribution in [2.75, 3.05) is 7.11 Å². The van der Waals surface area contributed by atoms with Crippen LogP contribution in [0.15, 0.2) is 57.4 Å². The van der Waals surface area contributed by atoms with Crippen LogP contribution in [0, 0.1) is 6.92 Å². The fraction of sp³-hybridized carbons (Fsp3) is 0.292. The molecular formula is C24H24N2O5. The highest BCUT2D eigenvalue weighted by Gasteiger charge is 2.17. The van der Waals surface area contributed by atoms with E-state index in [0.717, 1.165) is 35.4 Å². The molecule has 0 spiro atoms. The molecule has 0 saturated heterocycles. The molecule has 7 heteroatoms. The highest BCUT2D eigenvalue weighted by molar-refractivity contribution is 5.76. The minimum atomic E-state index is -1.19. The molecule has 0 fully saturated rings. The summed E-state index contributed by atoms with van der Waals surface area (Å²) in [6.45, 7) is 1.93. The first-order valence-corrected chi connectivity index (χ1v) is 10.2. The number of methoxy groups -OCH3 is 1. The average molecular weight is 420 g/mol. The molecule has 0 unspecified atom stereocenters. The van der Waals surface area contributed by atoms with Gasteiger partial charge in [-0.2, -0.15) is 0 Å². The Kier molecular flexibility index (Phi) is 6.13. The smallest absolute Gasteiger partial charge is 0.335 e. The van der Waals surface area contributed by atoms with Crippen LogP contribution in [0.5, 0.6) is 0 Å². The van der Waals surface area contributed by atoms with Gasteiger partial charge in [-0.25, -0.2) is 14.8 Å². The number of ether oxygens (including phenoxy) is 1. The molecule has 0 saturated carbocycles. The second-order valence-corrected chi connectivity index (χ2v) is 7.39. The van der Waals surface area contributed by atoms with Crippen molar-refractivity contribution in [3.63, 3.8) is 0 Å². The standard InChI is InChI=1S/C24H24N2O5/c1-15-18(26-23(30-15)17-7-4-3-5-8-17)9-6-10-22-25-19-13-16(11-12-21(19)31-22)14-20(27)24(28)29-2/h3-5,7-8,11-13,20,27H,6,9-10,14H2,1-2H3/t20-/m0/s1. The van der Waals surface area contributed by atoms with Crippen LogP contribution >= 0.6 is 0 Å². The molecule has 0 bridgehead atoms. The van der Waals surface area contributed by atoms with Crippen LogP contribution in [0.3, 0.4) is 0 Å². The van der Waals surface area contributed by atoms with Gasteiger partial charge in [-0.15, -0.1) is 0 Å². The van der Waals surface area contributed by atoms with Crippen molar-refractivity contribution in [2.45, 2.75) is 38.7 Å². The lowest BCUT2D eigenvalue weighted by atomic mass is 10.1. The number of oxazole rings is 2. The number of hydrogen-bond acceptors (Lipinski definition) is 7. The largest absolute Gasteiger partial charge is 0.467 e. The molecule has 0 amide bonds. The Morgan fingerprint density at radius 2 is 1.90 bits per heavy atom. The molecule has 0 aliphatic heterocycles. The van der Waals surface area contributed by atoms with Crippen molar-refractivity contribution in [1.82, 2.24) is 9.97 Å². The highest BCUT2D eigenvalue weighted by Crippen LogP contribution is 2.23. The van der Waals surface area contributed by atoms with E-state index in [0.29, 0.717) is 29.3 Å². The van der Waals surface area contributed by atoms with Crippen LogP contribution in [-0.4, -0.2) is 34.3 Å². The van der Waals surface area contributed by atoms with Crippen LogP contribution in [0.1, 0.15) is 29.3 Å². The maximum absolute atomic E-state index is 11.4. The number of aromatic nitrogens is 2. The molecule has 1 atom stereocenters. The zero-order valence-electron chi connectivity index (χ0n) is 17.5. The van der Waals surface area contributed by atoms with Crippen LogP contribution in [0.25, 0.3) is 22.6 Å². The fourth-order valence-corrected chi connectivity index (χ4v) is 3.47. The Balaban J connectivity index is 1.38. The monoisotopic (exact) mass is 420 g/mol. The van der Waals surface area contributed by atoms with E-state index in [1.807, 2.05) is 49.4 Å².